The molecule has 0 aromatic heterocycles. The zero-order valence-electron chi connectivity index (χ0n) is 17.8. The lowest BCUT2D eigenvalue weighted by atomic mass is 9.62. The molecule has 0 spiro atoms. The van der Waals surface area contributed by atoms with Crippen LogP contribution in [0.5, 0.6) is 0 Å². The highest BCUT2D eigenvalue weighted by Crippen LogP contribution is 2.49. The van der Waals surface area contributed by atoms with Crippen molar-refractivity contribution in [2.45, 2.75) is 50.7 Å². The number of anilines is 1. The molecule has 3 atom stereocenters. The molecule has 0 saturated carbocycles. The van der Waals surface area contributed by atoms with Crippen molar-refractivity contribution in [3.63, 3.8) is 0 Å². The average Bonchev–Trinajstić information content (AvgIpc) is 2.76. The highest BCUT2D eigenvalue weighted by atomic mass is 16.3. The van der Waals surface area contributed by atoms with Gasteiger partial charge in [0.05, 0.1) is 6.61 Å². The van der Waals surface area contributed by atoms with Gasteiger partial charge in [-0.05, 0) is 65.6 Å². The summed E-state index contributed by atoms with van der Waals surface area (Å²) in [5.41, 5.74) is 5.99. The maximum atomic E-state index is 12.4. The summed E-state index contributed by atoms with van der Waals surface area (Å²) in [6, 6.07) is 15.8. The first-order chi connectivity index (χ1) is 14.5. The van der Waals surface area contributed by atoms with Crippen molar-refractivity contribution in [2.24, 2.45) is 5.92 Å². The molecule has 3 aliphatic heterocycles. The largest absolute Gasteiger partial charge is 0.395 e. The number of aliphatic hydroxyl groups is 1. The van der Waals surface area contributed by atoms with Crippen LogP contribution in [0.3, 0.4) is 0 Å². The number of carbonyl (C=O) groups is 1. The van der Waals surface area contributed by atoms with E-state index >= 15 is 0 Å². The van der Waals surface area contributed by atoms with Crippen LogP contribution in [0.4, 0.5) is 5.69 Å². The summed E-state index contributed by atoms with van der Waals surface area (Å²) in [6.07, 6.45) is 2.25. The third-order valence-electron chi connectivity index (χ3n) is 7.59. The van der Waals surface area contributed by atoms with E-state index in [4.69, 9.17) is 5.11 Å². The second-order valence-electron chi connectivity index (χ2n) is 9.54. The Morgan fingerprint density at radius 1 is 1.23 bits per heavy atom. The van der Waals surface area contributed by atoms with E-state index in [0.29, 0.717) is 23.6 Å². The molecule has 5 nitrogen and oxygen atoms in total. The minimum atomic E-state index is -0.122. The molecule has 0 bridgehead atoms. The van der Waals surface area contributed by atoms with Crippen molar-refractivity contribution in [1.29, 1.82) is 0 Å². The van der Waals surface area contributed by atoms with Crippen LogP contribution < -0.4 is 10.6 Å². The number of aliphatic hydroxyl groups excluding tert-OH is 1. The molecule has 5 heteroatoms. The van der Waals surface area contributed by atoms with E-state index in [-0.39, 0.29) is 24.5 Å². The van der Waals surface area contributed by atoms with Crippen LogP contribution in [-0.4, -0.2) is 47.7 Å². The van der Waals surface area contributed by atoms with Gasteiger partial charge in [0.2, 0.25) is 0 Å². The molecule has 1 amide bonds. The predicted octanol–water partition coefficient (Wildman–Crippen LogP) is 2.93. The van der Waals surface area contributed by atoms with Gasteiger partial charge in [0.25, 0.3) is 5.91 Å². The van der Waals surface area contributed by atoms with Gasteiger partial charge in [-0.2, -0.15) is 0 Å². The lowest BCUT2D eigenvalue weighted by Crippen LogP contribution is -2.62. The molecule has 5 rings (SSSR count). The van der Waals surface area contributed by atoms with E-state index in [1.54, 1.807) is 0 Å². The van der Waals surface area contributed by atoms with Crippen molar-refractivity contribution in [3.05, 3.63) is 64.7 Å². The second-order valence-corrected chi connectivity index (χ2v) is 9.54. The molecular formula is C25H31N3O2. The number of hydrogen-bond donors (Lipinski definition) is 3. The summed E-state index contributed by atoms with van der Waals surface area (Å²) in [5.74, 6) is 0.399. The predicted molar refractivity (Wildman–Crippen MR) is 119 cm³/mol. The highest BCUT2D eigenvalue weighted by molar-refractivity contribution is 5.95. The third kappa shape index (κ3) is 3.12. The second kappa shape index (κ2) is 7.40. The van der Waals surface area contributed by atoms with E-state index in [2.05, 4.69) is 59.7 Å². The van der Waals surface area contributed by atoms with Gasteiger partial charge in [-0.15, -0.1) is 0 Å². The minimum absolute atomic E-state index is 0.0123. The van der Waals surface area contributed by atoms with Crippen LogP contribution >= 0.6 is 0 Å². The lowest BCUT2D eigenvalue weighted by Gasteiger charge is -2.56. The fraction of sp³-hybridized carbons (Fsp3) is 0.480. The van der Waals surface area contributed by atoms with Crippen LogP contribution in [-0.2, 0) is 18.4 Å². The Morgan fingerprint density at radius 2 is 2.03 bits per heavy atom. The van der Waals surface area contributed by atoms with Gasteiger partial charge >= 0.3 is 0 Å². The van der Waals surface area contributed by atoms with Crippen LogP contribution in [0, 0.1) is 5.92 Å². The van der Waals surface area contributed by atoms with E-state index in [1.807, 2.05) is 12.1 Å². The Balaban J connectivity index is 1.47. The summed E-state index contributed by atoms with van der Waals surface area (Å²) in [7, 11) is 0. The highest BCUT2D eigenvalue weighted by Gasteiger charge is 2.49. The molecule has 1 fully saturated rings. The lowest BCUT2D eigenvalue weighted by molar-refractivity contribution is 0.0493. The molecule has 3 aliphatic rings. The first-order valence-electron chi connectivity index (χ1n) is 11.1. The summed E-state index contributed by atoms with van der Waals surface area (Å²) in [6.45, 7) is 7.08. The number of nitrogens with one attached hydrogen (secondary N) is 2. The Kier molecular flexibility index (Phi) is 4.83. The molecule has 158 valence electrons. The number of piperidine rings is 1. The number of amides is 1. The number of rotatable bonds is 3. The van der Waals surface area contributed by atoms with Crippen molar-refractivity contribution >= 4 is 11.6 Å². The molecule has 0 unspecified atom stereocenters. The van der Waals surface area contributed by atoms with Crippen molar-refractivity contribution < 1.29 is 9.90 Å². The zero-order valence-corrected chi connectivity index (χ0v) is 17.8. The van der Waals surface area contributed by atoms with Gasteiger partial charge in [-0.25, -0.2) is 0 Å². The number of benzene rings is 2. The maximum Gasteiger partial charge on any atom is 0.251 e. The minimum Gasteiger partial charge on any atom is -0.395 e. The maximum absolute atomic E-state index is 12.4. The van der Waals surface area contributed by atoms with E-state index in [0.717, 1.165) is 31.6 Å². The fourth-order valence-corrected chi connectivity index (χ4v) is 5.95. The molecular weight excluding hydrogens is 374 g/mol. The summed E-state index contributed by atoms with van der Waals surface area (Å²) in [5, 5.41) is 15.6. The Labute approximate surface area is 178 Å². The van der Waals surface area contributed by atoms with Crippen LogP contribution in [0.1, 0.15) is 47.3 Å². The molecule has 1 saturated heterocycles. The smallest absolute Gasteiger partial charge is 0.251 e. The molecule has 2 aromatic rings. The van der Waals surface area contributed by atoms with Crippen LogP contribution in [0.15, 0.2) is 42.5 Å². The van der Waals surface area contributed by atoms with E-state index < -0.39 is 0 Å². The zero-order chi connectivity index (χ0) is 20.9. The first kappa shape index (κ1) is 19.6. The SMILES string of the molecule is CC1(C)c2cc(C(=O)NCCO)ccc2N[C@@H]2[C@@H]3Cc4ccccc4CN3CC[C@@H]21. The monoisotopic (exact) mass is 405 g/mol. The molecule has 0 radical (unpaired) electrons. The number of nitrogens with zero attached hydrogens (tertiary/aromatic N) is 1. The molecule has 2 aromatic carbocycles. The van der Waals surface area contributed by atoms with Crippen LogP contribution in [0.25, 0.3) is 0 Å². The van der Waals surface area contributed by atoms with Crippen LogP contribution in [0.2, 0.25) is 0 Å². The Morgan fingerprint density at radius 3 is 2.83 bits per heavy atom. The standard InChI is InChI=1S/C25H31N3O2/c1-25(2)19-9-11-28-15-18-6-4-3-5-16(18)14-22(28)23(19)27-21-8-7-17(13-20(21)25)24(30)26-10-12-29/h3-8,13,19,22-23,27,29H,9-12,14-15H2,1-2H3,(H,26,30)/t19-,22-,23-/m0/s1. The molecule has 0 aliphatic carbocycles. The van der Waals surface area contributed by atoms with Crippen molar-refractivity contribution in [1.82, 2.24) is 10.2 Å². The molecule has 3 heterocycles. The van der Waals surface area contributed by atoms with Gasteiger partial charge in [-0.3, -0.25) is 9.69 Å². The first-order valence-corrected chi connectivity index (χ1v) is 11.1. The number of fused-ring (bicyclic) bond motifs is 5. The summed E-state index contributed by atoms with van der Waals surface area (Å²) < 4.78 is 0. The quantitative estimate of drug-likeness (QED) is 0.735. The normalized spacial score (nSPS) is 26.4. The Hall–Kier alpha value is -2.37. The van der Waals surface area contributed by atoms with E-state index in [1.165, 1.54) is 16.7 Å². The van der Waals surface area contributed by atoms with Gasteiger partial charge in [0.1, 0.15) is 0 Å². The average molecular weight is 406 g/mol. The van der Waals surface area contributed by atoms with Crippen molar-refractivity contribution in [3.8, 4) is 0 Å². The number of carbonyl (C=O) groups excluding carboxylic acids is 1. The van der Waals surface area contributed by atoms with E-state index in [9.17, 15) is 4.79 Å². The molecule has 30 heavy (non-hydrogen) atoms. The van der Waals surface area contributed by atoms with Gasteiger partial charge in [0.15, 0.2) is 0 Å². The number of hydrogen-bond acceptors (Lipinski definition) is 4. The fourth-order valence-electron chi connectivity index (χ4n) is 5.95. The van der Waals surface area contributed by atoms with Gasteiger partial charge in [-0.1, -0.05) is 38.1 Å². The topological polar surface area (TPSA) is 64.6 Å². The molecule has 3 N–H and O–H groups in total. The van der Waals surface area contributed by atoms with Crippen molar-refractivity contribution in [2.75, 3.05) is 25.0 Å². The third-order valence-corrected chi connectivity index (χ3v) is 7.59. The summed E-state index contributed by atoms with van der Waals surface area (Å²) >= 11 is 0. The Bertz CT molecular complexity index is 971. The summed E-state index contributed by atoms with van der Waals surface area (Å²) in [4.78, 5) is 15.1. The van der Waals surface area contributed by atoms with Gasteiger partial charge in [0, 0.05) is 36.4 Å². The van der Waals surface area contributed by atoms with Gasteiger partial charge < -0.3 is 15.7 Å².